The molecule has 6 nitrogen and oxygen atoms in total. The molecule has 0 bridgehead atoms. The molecule has 1 fully saturated rings. The van der Waals surface area contributed by atoms with E-state index in [0.29, 0.717) is 19.6 Å². The van der Waals surface area contributed by atoms with Crippen LogP contribution in [0.25, 0.3) is 11.0 Å². The first-order chi connectivity index (χ1) is 11.1. The second-order valence-electron chi connectivity index (χ2n) is 6.13. The average molecular weight is 314 g/mol. The number of aliphatic hydroxyl groups excluding tert-OH is 1. The quantitative estimate of drug-likeness (QED) is 0.913. The van der Waals surface area contributed by atoms with Crippen LogP contribution in [0.15, 0.2) is 30.5 Å². The van der Waals surface area contributed by atoms with Gasteiger partial charge >= 0.3 is 0 Å². The van der Waals surface area contributed by atoms with Gasteiger partial charge in [-0.05, 0) is 31.5 Å². The van der Waals surface area contributed by atoms with Gasteiger partial charge < -0.3 is 10.0 Å². The number of carbonyl (C=O) groups excluding carboxylic acids is 1. The number of piperidine rings is 1. The van der Waals surface area contributed by atoms with Crippen LogP contribution in [0.5, 0.6) is 0 Å². The lowest BCUT2D eigenvalue weighted by atomic mass is 10.1. The van der Waals surface area contributed by atoms with E-state index in [1.807, 2.05) is 29.2 Å². The van der Waals surface area contributed by atoms with Crippen LogP contribution in [0.2, 0.25) is 0 Å². The van der Waals surface area contributed by atoms with Gasteiger partial charge in [-0.3, -0.25) is 14.7 Å². The number of nitrogens with zero attached hydrogens (tertiary/aromatic N) is 4. The van der Waals surface area contributed by atoms with Gasteiger partial charge in [0.2, 0.25) is 5.91 Å². The molecule has 122 valence electrons. The number of fused-ring (bicyclic) bond motifs is 1. The maximum Gasteiger partial charge on any atom is 0.236 e. The van der Waals surface area contributed by atoms with E-state index < -0.39 is 0 Å². The fraction of sp³-hybridized carbons (Fsp3) is 0.471. The zero-order valence-corrected chi connectivity index (χ0v) is 13.4. The Bertz CT molecular complexity index is 691. The zero-order valence-electron chi connectivity index (χ0n) is 13.4. The first-order valence-corrected chi connectivity index (χ1v) is 7.97. The van der Waals surface area contributed by atoms with Gasteiger partial charge in [-0.2, -0.15) is 0 Å². The summed E-state index contributed by atoms with van der Waals surface area (Å²) in [5, 5.41) is 9.68. The van der Waals surface area contributed by atoms with Gasteiger partial charge in [-0.25, -0.2) is 4.98 Å². The molecule has 1 amide bonds. The van der Waals surface area contributed by atoms with Crippen molar-refractivity contribution in [2.75, 3.05) is 26.7 Å². The molecule has 1 aliphatic heterocycles. The van der Waals surface area contributed by atoms with E-state index in [-0.39, 0.29) is 12.0 Å². The molecule has 1 atom stereocenters. The molecule has 0 aliphatic carbocycles. The molecule has 1 N–H and O–H groups in total. The second-order valence-corrected chi connectivity index (χ2v) is 6.13. The van der Waals surface area contributed by atoms with Crippen molar-refractivity contribution in [2.45, 2.75) is 25.5 Å². The molecule has 2 aromatic rings. The first-order valence-electron chi connectivity index (χ1n) is 7.97. The highest BCUT2D eigenvalue weighted by atomic mass is 16.3. The van der Waals surface area contributed by atoms with Crippen LogP contribution in [0, 0.1) is 0 Å². The Morgan fingerprint density at radius 3 is 2.96 bits per heavy atom. The first kappa shape index (κ1) is 15.8. The summed E-state index contributed by atoms with van der Waals surface area (Å²) in [6.07, 6.45) is 3.17. The highest BCUT2D eigenvalue weighted by molar-refractivity contribution is 5.78. The maximum atomic E-state index is 12.3. The number of hydrogen-bond acceptors (Lipinski definition) is 5. The monoisotopic (exact) mass is 314 g/mol. The Morgan fingerprint density at radius 1 is 1.39 bits per heavy atom. The van der Waals surface area contributed by atoms with Crippen LogP contribution < -0.4 is 0 Å². The molecule has 2 heterocycles. The van der Waals surface area contributed by atoms with Gasteiger partial charge in [0.25, 0.3) is 0 Å². The molecule has 1 saturated heterocycles. The molecular weight excluding hydrogens is 292 g/mol. The van der Waals surface area contributed by atoms with Gasteiger partial charge in [0.15, 0.2) is 0 Å². The largest absolute Gasteiger partial charge is 0.392 e. The number of amides is 1. The molecule has 0 saturated carbocycles. The summed E-state index contributed by atoms with van der Waals surface area (Å²) in [7, 11) is 1.78. The van der Waals surface area contributed by atoms with Crippen molar-refractivity contribution in [3.05, 3.63) is 36.2 Å². The number of para-hydroxylation sites is 2. The van der Waals surface area contributed by atoms with Crippen LogP contribution in [-0.4, -0.2) is 63.6 Å². The molecule has 1 unspecified atom stereocenters. The molecule has 1 aliphatic rings. The smallest absolute Gasteiger partial charge is 0.236 e. The van der Waals surface area contributed by atoms with E-state index in [4.69, 9.17) is 0 Å². The number of aliphatic hydroxyl groups is 1. The Morgan fingerprint density at radius 2 is 2.17 bits per heavy atom. The third-order valence-electron chi connectivity index (χ3n) is 4.16. The third-order valence-corrected chi connectivity index (χ3v) is 4.16. The summed E-state index contributed by atoms with van der Waals surface area (Å²) in [6.45, 7) is 2.23. The minimum Gasteiger partial charge on any atom is -0.392 e. The van der Waals surface area contributed by atoms with Crippen molar-refractivity contribution >= 4 is 16.9 Å². The molecule has 1 aromatic heterocycles. The number of likely N-dealkylation sites (tertiary alicyclic amines) is 1. The van der Waals surface area contributed by atoms with Crippen LogP contribution in [0.1, 0.15) is 18.5 Å². The van der Waals surface area contributed by atoms with E-state index in [0.717, 1.165) is 36.1 Å². The zero-order chi connectivity index (χ0) is 16.2. The Balaban J connectivity index is 1.60. The lowest BCUT2D eigenvalue weighted by Gasteiger charge is -2.30. The number of aromatic nitrogens is 2. The molecule has 3 rings (SSSR count). The molecule has 0 spiro atoms. The molecule has 23 heavy (non-hydrogen) atoms. The summed E-state index contributed by atoms with van der Waals surface area (Å²) in [5.74, 6) is 0.0362. The van der Waals surface area contributed by atoms with Gasteiger partial charge in [0.05, 0.1) is 42.1 Å². The van der Waals surface area contributed by atoms with Crippen molar-refractivity contribution in [1.29, 1.82) is 0 Å². The topological polar surface area (TPSA) is 69.6 Å². The minimum atomic E-state index is -0.312. The molecule has 0 radical (unpaired) electrons. The highest BCUT2D eigenvalue weighted by Crippen LogP contribution is 2.11. The van der Waals surface area contributed by atoms with E-state index >= 15 is 0 Å². The summed E-state index contributed by atoms with van der Waals surface area (Å²) >= 11 is 0. The standard InChI is InChI=1S/C17H22N4O2/c1-20(17(23)12-21-8-4-5-14(22)11-21)10-13-9-18-15-6-2-3-7-16(15)19-13/h2-3,6-7,9,14,22H,4-5,8,10-12H2,1H3. The SMILES string of the molecule is CN(Cc1cnc2ccccc2n1)C(=O)CN1CCCC(O)C1. The fourth-order valence-electron chi connectivity index (χ4n) is 2.89. The number of hydrogen-bond donors (Lipinski definition) is 1. The maximum absolute atomic E-state index is 12.3. The van der Waals surface area contributed by atoms with Crippen molar-refractivity contribution in [3.8, 4) is 0 Å². The number of benzene rings is 1. The van der Waals surface area contributed by atoms with Gasteiger partial charge in [-0.1, -0.05) is 12.1 Å². The third kappa shape index (κ3) is 4.03. The Hall–Kier alpha value is -2.05. The van der Waals surface area contributed by atoms with Crippen LogP contribution >= 0.6 is 0 Å². The summed E-state index contributed by atoms with van der Waals surface area (Å²) in [5.41, 5.74) is 2.47. The molecule has 1 aromatic carbocycles. The Labute approximate surface area is 135 Å². The van der Waals surface area contributed by atoms with Crippen LogP contribution in [0.3, 0.4) is 0 Å². The fourth-order valence-corrected chi connectivity index (χ4v) is 2.89. The number of rotatable bonds is 4. The average Bonchev–Trinajstić information content (AvgIpc) is 2.54. The summed E-state index contributed by atoms with van der Waals surface area (Å²) in [6, 6.07) is 7.70. The second kappa shape index (κ2) is 7.02. The van der Waals surface area contributed by atoms with E-state index in [2.05, 4.69) is 9.97 Å². The van der Waals surface area contributed by atoms with Crippen molar-refractivity contribution in [1.82, 2.24) is 19.8 Å². The molecule has 6 heteroatoms. The summed E-state index contributed by atoms with van der Waals surface area (Å²) in [4.78, 5) is 24.9. The lowest BCUT2D eigenvalue weighted by Crippen LogP contribution is -2.44. The van der Waals surface area contributed by atoms with Crippen LogP contribution in [0.4, 0.5) is 0 Å². The number of likely N-dealkylation sites (N-methyl/N-ethyl adjacent to an activating group) is 1. The van der Waals surface area contributed by atoms with Gasteiger partial charge in [0, 0.05) is 13.6 Å². The van der Waals surface area contributed by atoms with Crippen molar-refractivity contribution in [3.63, 3.8) is 0 Å². The van der Waals surface area contributed by atoms with Gasteiger partial charge in [-0.15, -0.1) is 0 Å². The summed E-state index contributed by atoms with van der Waals surface area (Å²) < 4.78 is 0. The lowest BCUT2D eigenvalue weighted by molar-refractivity contribution is -0.132. The van der Waals surface area contributed by atoms with Crippen molar-refractivity contribution < 1.29 is 9.90 Å². The van der Waals surface area contributed by atoms with Crippen LogP contribution in [-0.2, 0) is 11.3 Å². The van der Waals surface area contributed by atoms with E-state index in [9.17, 15) is 9.90 Å². The highest BCUT2D eigenvalue weighted by Gasteiger charge is 2.21. The number of carbonyl (C=O) groups is 1. The predicted octanol–water partition coefficient (Wildman–Crippen LogP) is 1.04. The van der Waals surface area contributed by atoms with E-state index in [1.54, 1.807) is 18.1 Å². The normalized spacial score (nSPS) is 19.0. The van der Waals surface area contributed by atoms with Gasteiger partial charge in [0.1, 0.15) is 0 Å². The minimum absolute atomic E-state index is 0.0362. The Kier molecular flexibility index (Phi) is 4.83. The van der Waals surface area contributed by atoms with E-state index in [1.165, 1.54) is 0 Å². The molecular formula is C17H22N4O2. The number of β-amino-alcohol motifs (C(OH)–C–C–N with tert-alkyl or cyclic N) is 1. The van der Waals surface area contributed by atoms with Crippen molar-refractivity contribution in [2.24, 2.45) is 0 Å². The predicted molar refractivity (Wildman–Crippen MR) is 87.7 cm³/mol.